The summed E-state index contributed by atoms with van der Waals surface area (Å²) in [6.07, 6.45) is 7.55. The predicted octanol–water partition coefficient (Wildman–Crippen LogP) is 3.86. The summed E-state index contributed by atoms with van der Waals surface area (Å²) in [7, 11) is 0. The second kappa shape index (κ2) is 8.98. The minimum atomic E-state index is -1.02. The van der Waals surface area contributed by atoms with Crippen LogP contribution in [0.5, 0.6) is 0 Å². The minimum Gasteiger partial charge on any atom is -0.351 e. The Labute approximate surface area is 173 Å². The van der Waals surface area contributed by atoms with Crippen molar-refractivity contribution in [1.82, 2.24) is 19.8 Å². The maximum absolute atomic E-state index is 14.8. The fourth-order valence-electron chi connectivity index (χ4n) is 4.53. The number of carbonyl (C=O) groups is 2. The molecule has 1 N–H and O–H groups in total. The summed E-state index contributed by atoms with van der Waals surface area (Å²) in [5.41, 5.74) is 0.434. The van der Waals surface area contributed by atoms with Gasteiger partial charge in [0.05, 0.1) is 0 Å². The number of hydrogen-bond donors (Lipinski definition) is 1. The molecule has 4 rings (SSSR count). The number of halogens is 1. The average molecular weight is 417 g/mol. The SMILES string of the molecule is O=C(NC1CCCC1)[C@H](c1ccccc1F)N(C(=O)c1csnn1)C1CCCC1. The summed E-state index contributed by atoms with van der Waals surface area (Å²) >= 11 is 1.09. The van der Waals surface area contributed by atoms with Crippen LogP contribution < -0.4 is 5.32 Å². The fraction of sp³-hybridized carbons (Fsp3) is 0.524. The van der Waals surface area contributed by atoms with Crippen LogP contribution >= 0.6 is 11.5 Å². The van der Waals surface area contributed by atoms with Crippen molar-refractivity contribution in [3.05, 3.63) is 46.7 Å². The number of aromatic nitrogens is 2. The highest BCUT2D eigenvalue weighted by molar-refractivity contribution is 7.03. The monoisotopic (exact) mass is 416 g/mol. The van der Waals surface area contributed by atoms with Gasteiger partial charge in [-0.2, -0.15) is 0 Å². The first-order chi connectivity index (χ1) is 14.1. The molecule has 0 saturated heterocycles. The average Bonchev–Trinajstić information content (AvgIpc) is 3.49. The zero-order chi connectivity index (χ0) is 20.2. The lowest BCUT2D eigenvalue weighted by molar-refractivity contribution is -0.127. The number of nitrogens with zero attached hydrogens (tertiary/aromatic N) is 3. The Hall–Kier alpha value is -2.35. The minimum absolute atomic E-state index is 0.0817. The highest BCUT2D eigenvalue weighted by atomic mass is 32.1. The highest BCUT2D eigenvalue weighted by Crippen LogP contribution is 2.34. The molecular formula is C21H25FN4O2S. The molecule has 0 aliphatic heterocycles. The van der Waals surface area contributed by atoms with E-state index in [0.717, 1.165) is 62.9 Å². The number of hydrogen-bond acceptors (Lipinski definition) is 5. The topological polar surface area (TPSA) is 75.2 Å². The second-order valence-electron chi connectivity index (χ2n) is 7.85. The standard InChI is InChI=1S/C21H25FN4O2S/c22-17-12-6-5-11-16(17)19(20(27)23-14-7-1-2-8-14)26(15-9-3-4-10-15)21(28)18-13-29-25-24-18/h5-6,11-15,19H,1-4,7-10H2,(H,23,27)/t19-/m0/s1. The van der Waals surface area contributed by atoms with Crippen molar-refractivity contribution in [1.29, 1.82) is 0 Å². The molecule has 1 atom stereocenters. The molecule has 2 aliphatic rings. The van der Waals surface area contributed by atoms with Gasteiger partial charge in [-0.15, -0.1) is 5.10 Å². The van der Waals surface area contributed by atoms with Crippen molar-refractivity contribution < 1.29 is 14.0 Å². The van der Waals surface area contributed by atoms with Gasteiger partial charge in [0.15, 0.2) is 5.69 Å². The van der Waals surface area contributed by atoms with Gasteiger partial charge in [0.2, 0.25) is 5.91 Å². The first-order valence-corrected chi connectivity index (χ1v) is 11.1. The third-order valence-corrected chi connectivity index (χ3v) is 6.46. The van der Waals surface area contributed by atoms with E-state index in [1.807, 2.05) is 0 Å². The largest absolute Gasteiger partial charge is 0.351 e. The van der Waals surface area contributed by atoms with Crippen molar-refractivity contribution in [2.75, 3.05) is 0 Å². The number of nitrogens with one attached hydrogen (secondary N) is 1. The van der Waals surface area contributed by atoms with Crippen LogP contribution in [-0.2, 0) is 4.79 Å². The molecular weight excluding hydrogens is 391 g/mol. The van der Waals surface area contributed by atoms with Gasteiger partial charge >= 0.3 is 0 Å². The third kappa shape index (κ3) is 4.32. The van der Waals surface area contributed by atoms with E-state index < -0.39 is 11.9 Å². The maximum atomic E-state index is 14.8. The summed E-state index contributed by atoms with van der Waals surface area (Å²) < 4.78 is 18.6. The first kappa shape index (κ1) is 19.9. The molecule has 8 heteroatoms. The lowest BCUT2D eigenvalue weighted by atomic mass is 9.99. The summed E-state index contributed by atoms with van der Waals surface area (Å²) in [5.74, 6) is -1.16. The number of carbonyl (C=O) groups excluding carboxylic acids is 2. The maximum Gasteiger partial charge on any atom is 0.276 e. The highest BCUT2D eigenvalue weighted by Gasteiger charge is 2.40. The number of rotatable bonds is 6. The second-order valence-corrected chi connectivity index (χ2v) is 8.46. The van der Waals surface area contributed by atoms with E-state index in [1.54, 1.807) is 28.5 Å². The van der Waals surface area contributed by atoms with Crippen LogP contribution in [0.25, 0.3) is 0 Å². The Bertz CT molecular complexity index is 848. The van der Waals surface area contributed by atoms with Gasteiger partial charge in [-0.25, -0.2) is 4.39 Å². The zero-order valence-corrected chi connectivity index (χ0v) is 17.0. The molecule has 2 aromatic rings. The fourth-order valence-corrected chi connectivity index (χ4v) is 4.96. The molecule has 1 heterocycles. The van der Waals surface area contributed by atoms with Crippen LogP contribution in [0.15, 0.2) is 29.6 Å². The van der Waals surface area contributed by atoms with Crippen LogP contribution in [0.3, 0.4) is 0 Å². The quantitative estimate of drug-likeness (QED) is 0.776. The van der Waals surface area contributed by atoms with E-state index in [0.29, 0.717) is 0 Å². The van der Waals surface area contributed by atoms with Gasteiger partial charge in [-0.1, -0.05) is 48.4 Å². The zero-order valence-electron chi connectivity index (χ0n) is 16.2. The molecule has 29 heavy (non-hydrogen) atoms. The summed E-state index contributed by atoms with van der Waals surface area (Å²) in [5, 5.41) is 8.58. The van der Waals surface area contributed by atoms with E-state index in [9.17, 15) is 14.0 Å². The molecule has 6 nitrogen and oxygen atoms in total. The van der Waals surface area contributed by atoms with E-state index in [4.69, 9.17) is 0 Å². The van der Waals surface area contributed by atoms with Gasteiger partial charge < -0.3 is 10.2 Å². The van der Waals surface area contributed by atoms with E-state index in [2.05, 4.69) is 14.9 Å². The molecule has 2 fully saturated rings. The van der Waals surface area contributed by atoms with Crippen molar-refractivity contribution in [2.24, 2.45) is 0 Å². The van der Waals surface area contributed by atoms with E-state index in [-0.39, 0.29) is 35.2 Å². The molecule has 0 radical (unpaired) electrons. The Kier molecular flexibility index (Phi) is 6.18. The third-order valence-electron chi connectivity index (χ3n) is 5.96. The summed E-state index contributed by atoms with van der Waals surface area (Å²) in [6, 6.07) is 5.18. The van der Waals surface area contributed by atoms with Crippen LogP contribution in [0.2, 0.25) is 0 Å². The summed E-state index contributed by atoms with van der Waals surface area (Å²) in [4.78, 5) is 28.4. The molecule has 2 aliphatic carbocycles. The Balaban J connectivity index is 1.73. The van der Waals surface area contributed by atoms with Crippen molar-refractivity contribution in [2.45, 2.75) is 69.5 Å². The molecule has 2 amide bonds. The van der Waals surface area contributed by atoms with Crippen molar-refractivity contribution in [3.8, 4) is 0 Å². The molecule has 1 aromatic heterocycles. The van der Waals surface area contributed by atoms with Gasteiger partial charge in [0.1, 0.15) is 11.9 Å². The number of amides is 2. The van der Waals surface area contributed by atoms with Crippen LogP contribution in [0.4, 0.5) is 4.39 Å². The van der Waals surface area contributed by atoms with Gasteiger partial charge in [-0.05, 0) is 43.3 Å². The molecule has 1 aromatic carbocycles. The van der Waals surface area contributed by atoms with Gasteiger partial charge in [0.25, 0.3) is 5.91 Å². The number of benzene rings is 1. The molecule has 154 valence electrons. The summed E-state index contributed by atoms with van der Waals surface area (Å²) in [6.45, 7) is 0. The Morgan fingerprint density at radius 3 is 2.45 bits per heavy atom. The van der Waals surface area contributed by atoms with E-state index >= 15 is 0 Å². The molecule has 0 bridgehead atoms. The van der Waals surface area contributed by atoms with Gasteiger partial charge in [0, 0.05) is 23.0 Å². The molecule has 2 saturated carbocycles. The molecule has 0 unspecified atom stereocenters. The van der Waals surface area contributed by atoms with Crippen LogP contribution in [0, 0.1) is 5.82 Å². The Morgan fingerprint density at radius 2 is 1.79 bits per heavy atom. The predicted molar refractivity (Wildman–Crippen MR) is 108 cm³/mol. The van der Waals surface area contributed by atoms with Crippen molar-refractivity contribution >= 4 is 23.3 Å². The van der Waals surface area contributed by atoms with E-state index in [1.165, 1.54) is 6.07 Å². The Morgan fingerprint density at radius 1 is 1.10 bits per heavy atom. The lowest BCUT2D eigenvalue weighted by Crippen LogP contribution is -2.50. The van der Waals surface area contributed by atoms with Crippen LogP contribution in [-0.4, -0.2) is 38.4 Å². The first-order valence-electron chi connectivity index (χ1n) is 10.3. The van der Waals surface area contributed by atoms with Crippen molar-refractivity contribution in [3.63, 3.8) is 0 Å². The normalized spacial score (nSPS) is 18.7. The van der Waals surface area contributed by atoms with Crippen LogP contribution in [0.1, 0.15) is 73.5 Å². The lowest BCUT2D eigenvalue weighted by Gasteiger charge is -2.36. The smallest absolute Gasteiger partial charge is 0.276 e. The van der Waals surface area contributed by atoms with Gasteiger partial charge in [-0.3, -0.25) is 9.59 Å². The molecule has 0 spiro atoms.